The second-order valence-electron chi connectivity index (χ2n) is 13.8. The molecule has 1 aromatic carbocycles. The molecule has 3 amide bonds. The Morgan fingerprint density at radius 3 is 2.63 bits per heavy atom. The number of amides is 3. The zero-order chi connectivity index (χ0) is 37.8. The molecule has 14 nitrogen and oxygen atoms in total. The maximum Gasteiger partial charge on any atom is 0.409 e. The molecule has 3 N–H and O–H groups in total. The standard InChI is InChI=1S/C36H51ClN4O10/c1-20-11-10-12-27(48-9)36(46)19-26(49-34(45)39-36)21(2)32-35(4,51-32)28(50-33(44)22(3)40(6)29(42)13-14-38-5)18-30(43)41(7)24-16-23(15-20)17-25(47-8)31(24)37/h10-12,16-17,21-22,26-28,32,38,46H,13-15,18-19H2,1-9H3,(H,39,45)/b12-10-,20-11-/t21-,22+,26+,27-,28+,32+,35?,36+/m1/s1. The van der Waals surface area contributed by atoms with E-state index in [2.05, 4.69) is 10.6 Å². The van der Waals surface area contributed by atoms with Crippen molar-refractivity contribution in [3.05, 3.63) is 46.5 Å². The first-order chi connectivity index (χ1) is 24.0. The van der Waals surface area contributed by atoms with E-state index in [9.17, 15) is 24.3 Å². The van der Waals surface area contributed by atoms with Crippen LogP contribution in [0.4, 0.5) is 10.5 Å². The molecule has 1 unspecified atom stereocenters. The fourth-order valence-electron chi connectivity index (χ4n) is 6.63. The van der Waals surface area contributed by atoms with Gasteiger partial charge in [0.15, 0.2) is 5.72 Å². The summed E-state index contributed by atoms with van der Waals surface area (Å²) < 4.78 is 29.1. The summed E-state index contributed by atoms with van der Waals surface area (Å²) in [4.78, 5) is 55.9. The summed E-state index contributed by atoms with van der Waals surface area (Å²) in [5, 5.41) is 17.4. The predicted octanol–water partition coefficient (Wildman–Crippen LogP) is 3.12. The Kier molecular flexibility index (Phi) is 12.8. The minimum absolute atomic E-state index is 0.0474. The number of carbonyl (C=O) groups is 4. The highest BCUT2D eigenvalue weighted by molar-refractivity contribution is 6.35. The van der Waals surface area contributed by atoms with Crippen molar-refractivity contribution in [3.63, 3.8) is 0 Å². The first-order valence-electron chi connectivity index (χ1n) is 17.0. The van der Waals surface area contributed by atoms with Crippen molar-refractivity contribution in [3.8, 4) is 5.75 Å². The van der Waals surface area contributed by atoms with Gasteiger partial charge >= 0.3 is 12.1 Å². The van der Waals surface area contributed by atoms with Gasteiger partial charge in [0.25, 0.3) is 0 Å². The van der Waals surface area contributed by atoms with Crippen LogP contribution in [-0.2, 0) is 39.8 Å². The molecule has 0 radical (unpaired) electrons. The van der Waals surface area contributed by atoms with Crippen molar-refractivity contribution in [2.45, 2.75) is 95.2 Å². The number of hydrogen-bond donors (Lipinski definition) is 3. The van der Waals surface area contributed by atoms with E-state index in [-0.39, 0.29) is 30.2 Å². The molecule has 2 saturated heterocycles. The highest BCUT2D eigenvalue weighted by Crippen LogP contribution is 2.49. The van der Waals surface area contributed by atoms with Crippen LogP contribution < -0.4 is 20.3 Å². The van der Waals surface area contributed by atoms with Crippen molar-refractivity contribution in [1.29, 1.82) is 0 Å². The van der Waals surface area contributed by atoms with Crippen LogP contribution in [0.3, 0.4) is 0 Å². The zero-order valence-corrected chi connectivity index (χ0v) is 31.5. The normalized spacial score (nSPS) is 31.9. The number of allylic oxidation sites excluding steroid dienone is 3. The van der Waals surface area contributed by atoms with Crippen LogP contribution in [-0.4, -0.2) is 118 Å². The van der Waals surface area contributed by atoms with E-state index in [4.69, 9.17) is 35.3 Å². The topological polar surface area (TPSA) is 169 Å². The van der Waals surface area contributed by atoms with Gasteiger partial charge in [-0.25, -0.2) is 9.59 Å². The summed E-state index contributed by atoms with van der Waals surface area (Å²) in [5.74, 6) is -1.56. The quantitative estimate of drug-likeness (QED) is 0.265. The third-order valence-electron chi connectivity index (χ3n) is 10.1. The second-order valence-corrected chi connectivity index (χ2v) is 14.1. The number of carbonyl (C=O) groups excluding carboxylic acids is 4. The third-order valence-corrected chi connectivity index (χ3v) is 10.5. The lowest BCUT2D eigenvalue weighted by Crippen LogP contribution is -2.63. The lowest BCUT2D eigenvalue weighted by atomic mass is 9.83. The molecule has 0 aromatic heterocycles. The lowest BCUT2D eigenvalue weighted by Gasteiger charge is -2.42. The van der Waals surface area contributed by atoms with Crippen LogP contribution in [0.5, 0.6) is 5.75 Å². The molecule has 4 rings (SSSR count). The number of fused-ring (bicyclic) bond motifs is 5. The Morgan fingerprint density at radius 1 is 1.27 bits per heavy atom. The summed E-state index contributed by atoms with van der Waals surface area (Å²) in [6, 6.07) is 2.62. The Morgan fingerprint density at radius 2 is 1.98 bits per heavy atom. The highest BCUT2D eigenvalue weighted by Gasteiger charge is 2.64. The average Bonchev–Trinajstić information content (AvgIpc) is 3.79. The van der Waals surface area contributed by atoms with E-state index in [1.807, 2.05) is 13.0 Å². The van der Waals surface area contributed by atoms with E-state index >= 15 is 0 Å². The first kappa shape index (κ1) is 40.1. The van der Waals surface area contributed by atoms with Gasteiger partial charge in [0.05, 0.1) is 25.3 Å². The average molecular weight is 735 g/mol. The summed E-state index contributed by atoms with van der Waals surface area (Å²) in [6.45, 7) is 7.42. The van der Waals surface area contributed by atoms with Crippen molar-refractivity contribution < 1.29 is 48.0 Å². The van der Waals surface area contributed by atoms with Crippen molar-refractivity contribution >= 4 is 41.2 Å². The molecule has 15 heteroatoms. The number of esters is 1. The Balaban J connectivity index is 1.76. The molecule has 2 fully saturated rings. The number of likely N-dealkylation sites (N-methyl/N-ethyl adjacent to an activating group) is 1. The third kappa shape index (κ3) is 8.86. The molecular formula is C36H51ClN4O10. The second kappa shape index (κ2) is 16.3. The molecule has 3 aliphatic heterocycles. The number of epoxide rings is 1. The van der Waals surface area contributed by atoms with Gasteiger partial charge in [0.1, 0.15) is 40.7 Å². The van der Waals surface area contributed by atoms with Gasteiger partial charge in [0.2, 0.25) is 11.8 Å². The highest BCUT2D eigenvalue weighted by atomic mass is 35.5. The fraction of sp³-hybridized carbons (Fsp3) is 0.611. The maximum atomic E-state index is 14.1. The SMILES string of the molecule is CNCCC(=O)N(C)[C@@H](C)C(=O)O[C@H]1CC(=O)N(C)c2cc(cc(OC)c2Cl)C/C(C)=C\C=C/[C@@H](OC)[C@@]2(O)C[C@H](OC(=O)N2)[C@@H](C)[C@@H]2OC12C. The Labute approximate surface area is 304 Å². The molecule has 3 heterocycles. The van der Waals surface area contributed by atoms with E-state index in [0.29, 0.717) is 24.4 Å². The van der Waals surface area contributed by atoms with Crippen LogP contribution in [0.15, 0.2) is 35.9 Å². The number of halogens is 1. The number of nitrogens with zero attached hydrogens (tertiary/aromatic N) is 2. The smallest absolute Gasteiger partial charge is 0.409 e. The van der Waals surface area contributed by atoms with E-state index in [0.717, 1.165) is 11.1 Å². The molecule has 51 heavy (non-hydrogen) atoms. The maximum absolute atomic E-state index is 14.1. The van der Waals surface area contributed by atoms with Gasteiger partial charge in [-0.15, -0.1) is 0 Å². The van der Waals surface area contributed by atoms with Crippen LogP contribution in [0.2, 0.25) is 5.02 Å². The Hall–Kier alpha value is -3.69. The van der Waals surface area contributed by atoms with Crippen LogP contribution in [0, 0.1) is 5.92 Å². The number of anilines is 1. The van der Waals surface area contributed by atoms with Crippen LogP contribution in [0.25, 0.3) is 0 Å². The number of aliphatic hydroxyl groups is 1. The molecule has 1 aromatic rings. The number of hydrogen-bond acceptors (Lipinski definition) is 11. The summed E-state index contributed by atoms with van der Waals surface area (Å²) >= 11 is 6.74. The number of ether oxygens (including phenoxy) is 5. The lowest BCUT2D eigenvalue weighted by molar-refractivity contribution is -0.162. The van der Waals surface area contributed by atoms with Gasteiger partial charge in [-0.05, 0) is 51.9 Å². The van der Waals surface area contributed by atoms with E-state index < -0.39 is 65.7 Å². The summed E-state index contributed by atoms with van der Waals surface area (Å²) in [5.41, 5.74) is -0.896. The molecule has 0 aliphatic carbocycles. The largest absolute Gasteiger partial charge is 0.495 e. The van der Waals surface area contributed by atoms with Crippen LogP contribution >= 0.6 is 11.6 Å². The van der Waals surface area contributed by atoms with Gasteiger partial charge in [-0.1, -0.05) is 42.3 Å². The number of nitrogens with one attached hydrogen (secondary N) is 2. The van der Waals surface area contributed by atoms with Gasteiger partial charge in [-0.2, -0.15) is 0 Å². The zero-order valence-electron chi connectivity index (χ0n) is 30.8. The molecule has 4 bridgehead atoms. The number of alkyl carbamates (subject to hydrolysis) is 1. The van der Waals surface area contributed by atoms with Gasteiger partial charge in [-0.3, -0.25) is 14.9 Å². The fourth-order valence-corrected chi connectivity index (χ4v) is 6.94. The van der Waals surface area contributed by atoms with Crippen LogP contribution in [0.1, 0.15) is 52.5 Å². The van der Waals surface area contributed by atoms with Crippen molar-refractivity contribution in [1.82, 2.24) is 15.5 Å². The van der Waals surface area contributed by atoms with Gasteiger partial charge in [0, 0.05) is 46.5 Å². The van der Waals surface area contributed by atoms with Gasteiger partial charge < -0.3 is 43.9 Å². The minimum atomic E-state index is -1.82. The summed E-state index contributed by atoms with van der Waals surface area (Å²) in [7, 11) is 7.74. The van der Waals surface area contributed by atoms with Crippen molar-refractivity contribution in [2.75, 3.05) is 46.8 Å². The van der Waals surface area contributed by atoms with E-state index in [1.165, 1.54) is 31.1 Å². The molecule has 0 saturated carbocycles. The number of rotatable bonds is 8. The van der Waals surface area contributed by atoms with E-state index in [1.54, 1.807) is 59.2 Å². The first-order valence-corrected chi connectivity index (χ1v) is 17.4. The molecule has 8 atom stereocenters. The van der Waals surface area contributed by atoms with Crippen molar-refractivity contribution in [2.24, 2.45) is 5.92 Å². The number of methoxy groups -OCH3 is 2. The molecule has 0 spiro atoms. The minimum Gasteiger partial charge on any atom is -0.495 e. The molecule has 282 valence electrons. The molecular weight excluding hydrogens is 684 g/mol. The molecule has 3 aliphatic rings. The monoisotopic (exact) mass is 734 g/mol. The number of benzene rings is 1. The summed E-state index contributed by atoms with van der Waals surface area (Å²) in [6.07, 6.45) is 1.15. The predicted molar refractivity (Wildman–Crippen MR) is 189 cm³/mol. The Bertz CT molecular complexity index is 1550.